The lowest BCUT2D eigenvalue weighted by Crippen LogP contribution is -2.53. The summed E-state index contributed by atoms with van der Waals surface area (Å²) < 4.78 is 10.3. The molecule has 5 nitrogen and oxygen atoms in total. The molecule has 0 aliphatic rings. The second kappa shape index (κ2) is 9.28. The molecule has 0 heterocycles. The second-order valence-electron chi connectivity index (χ2n) is 4.95. The van der Waals surface area contributed by atoms with Gasteiger partial charge in [-0.2, -0.15) is 0 Å². The van der Waals surface area contributed by atoms with Gasteiger partial charge in [0, 0.05) is 19.2 Å². The monoisotopic (exact) mass is 274 g/mol. The molecule has 114 valence electrons. The van der Waals surface area contributed by atoms with Crippen LogP contribution in [0.3, 0.4) is 0 Å². The number of likely N-dealkylation sites (N-methyl/N-ethyl adjacent to an activating group) is 2. The Hall–Kier alpha value is -0.650. The predicted molar refractivity (Wildman–Crippen MR) is 77.3 cm³/mol. The summed E-state index contributed by atoms with van der Waals surface area (Å²) in [7, 11) is 3.22. The first-order chi connectivity index (χ1) is 8.95. The summed E-state index contributed by atoms with van der Waals surface area (Å²) in [6, 6.07) is 0.280. The molecule has 0 aromatic rings. The van der Waals surface area contributed by atoms with E-state index >= 15 is 0 Å². The first kappa shape index (κ1) is 18.4. The van der Waals surface area contributed by atoms with Crippen LogP contribution in [-0.2, 0) is 14.3 Å². The van der Waals surface area contributed by atoms with E-state index in [0.29, 0.717) is 6.42 Å². The number of nitrogens with zero attached hydrogens (tertiary/aromatic N) is 1. The molecule has 0 bridgehead atoms. The molecule has 0 saturated heterocycles. The number of rotatable bonds is 10. The number of hydrogen-bond acceptors (Lipinski definition) is 5. The van der Waals surface area contributed by atoms with Crippen LogP contribution in [0.4, 0.5) is 0 Å². The van der Waals surface area contributed by atoms with Crippen molar-refractivity contribution < 1.29 is 14.3 Å². The van der Waals surface area contributed by atoms with E-state index in [9.17, 15) is 4.79 Å². The van der Waals surface area contributed by atoms with Crippen LogP contribution in [-0.4, -0.2) is 62.9 Å². The van der Waals surface area contributed by atoms with Crippen LogP contribution < -0.4 is 5.32 Å². The summed E-state index contributed by atoms with van der Waals surface area (Å²) in [6.45, 7) is 11.4. The fraction of sp³-hybridized carbons (Fsp3) is 0.929. The Kier molecular flexibility index (Phi) is 8.97. The third kappa shape index (κ3) is 5.89. The Morgan fingerprint density at radius 3 is 2.47 bits per heavy atom. The molecule has 0 rings (SSSR count). The number of methoxy groups -OCH3 is 1. The summed E-state index contributed by atoms with van der Waals surface area (Å²) in [6.07, 6.45) is 0.705. The van der Waals surface area contributed by atoms with E-state index in [2.05, 4.69) is 24.1 Å². The van der Waals surface area contributed by atoms with E-state index in [1.165, 1.54) is 7.11 Å². The van der Waals surface area contributed by atoms with Gasteiger partial charge in [0.15, 0.2) is 0 Å². The van der Waals surface area contributed by atoms with Crippen molar-refractivity contribution in [1.29, 1.82) is 0 Å². The van der Waals surface area contributed by atoms with Crippen LogP contribution in [0.2, 0.25) is 0 Å². The molecule has 0 fully saturated rings. The van der Waals surface area contributed by atoms with Crippen LogP contribution in [0.15, 0.2) is 0 Å². The van der Waals surface area contributed by atoms with Gasteiger partial charge in [0.05, 0.1) is 13.7 Å². The highest BCUT2D eigenvalue weighted by Crippen LogP contribution is 2.17. The minimum Gasteiger partial charge on any atom is -0.468 e. The Morgan fingerprint density at radius 2 is 2.05 bits per heavy atom. The van der Waals surface area contributed by atoms with Crippen LogP contribution in [0.5, 0.6) is 0 Å². The Morgan fingerprint density at radius 1 is 1.42 bits per heavy atom. The van der Waals surface area contributed by atoms with E-state index in [4.69, 9.17) is 9.47 Å². The fourth-order valence-corrected chi connectivity index (χ4v) is 2.25. The molecular weight excluding hydrogens is 244 g/mol. The van der Waals surface area contributed by atoms with Crippen molar-refractivity contribution >= 4 is 5.97 Å². The largest absolute Gasteiger partial charge is 0.468 e. The average Bonchev–Trinajstić information content (AvgIpc) is 2.42. The maximum absolute atomic E-state index is 11.8. The quantitative estimate of drug-likeness (QED) is 0.480. The summed E-state index contributed by atoms with van der Waals surface area (Å²) in [4.78, 5) is 14.2. The van der Waals surface area contributed by atoms with Gasteiger partial charge in [0.25, 0.3) is 0 Å². The third-order valence-electron chi connectivity index (χ3n) is 3.65. The standard InChI is InChI=1S/C14H30N2O3/c1-7-16(9-10-19-8-2)12(3)11-14(4,15-5)13(17)18-6/h12,15H,7-11H2,1-6H3. The molecule has 0 saturated carbocycles. The predicted octanol–water partition coefficient (Wildman–Crippen LogP) is 1.27. The van der Waals surface area contributed by atoms with Gasteiger partial charge in [-0.15, -0.1) is 0 Å². The van der Waals surface area contributed by atoms with E-state index < -0.39 is 5.54 Å². The van der Waals surface area contributed by atoms with Gasteiger partial charge < -0.3 is 14.8 Å². The van der Waals surface area contributed by atoms with Crippen LogP contribution in [0, 0.1) is 0 Å². The van der Waals surface area contributed by atoms with E-state index in [1.807, 2.05) is 13.8 Å². The summed E-state index contributed by atoms with van der Waals surface area (Å²) in [5, 5.41) is 3.07. The molecule has 0 aromatic heterocycles. The Balaban J connectivity index is 4.51. The molecule has 2 atom stereocenters. The van der Waals surface area contributed by atoms with E-state index in [-0.39, 0.29) is 12.0 Å². The average molecular weight is 274 g/mol. The maximum atomic E-state index is 11.8. The highest BCUT2D eigenvalue weighted by atomic mass is 16.5. The molecule has 0 spiro atoms. The number of esters is 1. The van der Waals surface area contributed by atoms with Crippen molar-refractivity contribution in [3.05, 3.63) is 0 Å². The Bertz CT molecular complexity index is 261. The topological polar surface area (TPSA) is 50.8 Å². The van der Waals surface area contributed by atoms with Gasteiger partial charge in [0.1, 0.15) is 5.54 Å². The van der Waals surface area contributed by atoms with Crippen molar-refractivity contribution in [3.8, 4) is 0 Å². The molecule has 5 heteroatoms. The zero-order valence-electron chi connectivity index (χ0n) is 13.3. The van der Waals surface area contributed by atoms with Gasteiger partial charge in [0.2, 0.25) is 0 Å². The zero-order chi connectivity index (χ0) is 14.9. The number of carbonyl (C=O) groups excluding carboxylic acids is 1. The Labute approximate surface area is 117 Å². The number of ether oxygens (including phenoxy) is 2. The maximum Gasteiger partial charge on any atom is 0.325 e. The lowest BCUT2D eigenvalue weighted by Gasteiger charge is -2.34. The lowest BCUT2D eigenvalue weighted by molar-refractivity contribution is -0.148. The van der Waals surface area contributed by atoms with Crippen molar-refractivity contribution in [3.63, 3.8) is 0 Å². The molecule has 1 N–H and O–H groups in total. The lowest BCUT2D eigenvalue weighted by atomic mass is 9.93. The van der Waals surface area contributed by atoms with Crippen LogP contribution in [0.25, 0.3) is 0 Å². The molecule has 0 radical (unpaired) electrons. The van der Waals surface area contributed by atoms with E-state index in [0.717, 1.165) is 26.3 Å². The smallest absolute Gasteiger partial charge is 0.325 e. The minimum absolute atomic E-state index is 0.220. The van der Waals surface area contributed by atoms with Crippen molar-refractivity contribution in [1.82, 2.24) is 10.2 Å². The SMILES string of the molecule is CCOCCN(CC)C(C)CC(C)(NC)C(=O)OC. The fourth-order valence-electron chi connectivity index (χ4n) is 2.25. The van der Waals surface area contributed by atoms with Crippen molar-refractivity contribution in [2.45, 2.75) is 45.7 Å². The molecule has 19 heavy (non-hydrogen) atoms. The van der Waals surface area contributed by atoms with Crippen LogP contribution >= 0.6 is 0 Å². The minimum atomic E-state index is -0.646. The molecule has 0 amide bonds. The number of hydrogen-bond donors (Lipinski definition) is 1. The van der Waals surface area contributed by atoms with Gasteiger partial charge in [-0.05, 0) is 40.8 Å². The first-order valence-corrected chi connectivity index (χ1v) is 7.04. The van der Waals surface area contributed by atoms with E-state index in [1.54, 1.807) is 7.05 Å². The molecule has 0 aliphatic carbocycles. The summed E-state index contributed by atoms with van der Waals surface area (Å²) >= 11 is 0. The molecule has 0 aliphatic heterocycles. The highest BCUT2D eigenvalue weighted by molar-refractivity contribution is 5.80. The second-order valence-corrected chi connectivity index (χ2v) is 4.95. The number of carbonyl (C=O) groups is 1. The van der Waals surface area contributed by atoms with Gasteiger partial charge in [-0.1, -0.05) is 6.92 Å². The third-order valence-corrected chi connectivity index (χ3v) is 3.65. The normalized spacial score (nSPS) is 16.2. The number of nitrogens with one attached hydrogen (secondary N) is 1. The molecular formula is C14H30N2O3. The first-order valence-electron chi connectivity index (χ1n) is 7.04. The summed E-state index contributed by atoms with van der Waals surface area (Å²) in [5.41, 5.74) is -0.646. The zero-order valence-corrected chi connectivity index (χ0v) is 13.3. The van der Waals surface area contributed by atoms with Crippen molar-refractivity contribution in [2.75, 3.05) is 40.5 Å². The molecule has 0 aromatic carbocycles. The highest BCUT2D eigenvalue weighted by Gasteiger charge is 2.35. The molecule has 2 unspecified atom stereocenters. The van der Waals surface area contributed by atoms with Gasteiger partial charge >= 0.3 is 5.97 Å². The van der Waals surface area contributed by atoms with Crippen LogP contribution in [0.1, 0.15) is 34.1 Å². The van der Waals surface area contributed by atoms with Gasteiger partial charge in [-0.25, -0.2) is 0 Å². The van der Waals surface area contributed by atoms with Crippen molar-refractivity contribution in [2.24, 2.45) is 0 Å². The summed E-state index contributed by atoms with van der Waals surface area (Å²) in [5.74, 6) is -0.220. The van der Waals surface area contributed by atoms with Gasteiger partial charge in [-0.3, -0.25) is 9.69 Å².